The quantitative estimate of drug-likeness (QED) is 0.137. The summed E-state index contributed by atoms with van der Waals surface area (Å²) in [6.07, 6.45) is 6.56. The fraction of sp³-hybridized carbons (Fsp3) is 0.286. The van der Waals surface area contributed by atoms with Crippen molar-refractivity contribution in [3.8, 4) is 0 Å². The van der Waals surface area contributed by atoms with Crippen molar-refractivity contribution in [1.82, 2.24) is 18.9 Å². The Morgan fingerprint density at radius 2 is 0.859 bits per heavy atom. The predicted octanol–water partition coefficient (Wildman–Crippen LogP) is 9.72. The molecule has 4 fully saturated rings. The van der Waals surface area contributed by atoms with Crippen LogP contribution in [-0.2, 0) is 13.1 Å². The number of rotatable bonds is 10. The number of aromatic carboxylic acids is 2. The Bertz CT molecular complexity index is 3270. The number of benzene rings is 6. The summed E-state index contributed by atoms with van der Waals surface area (Å²) in [5.74, 6) is -3.53. The lowest BCUT2D eigenvalue weighted by Crippen LogP contribution is -2.46. The SMILES string of the molecule is Cl.O=C(O)c1cn(C2CC2)c2cc(N3CCN(Cc4ccc5ccccc5c4)CC3)c(F)cc2c1=O.O=C(O)c1cn(C2CC2)c2cc(N3CCN(Cc4ccc5ccccc5c4)CC3)c(F)cc2c1=O. The maximum Gasteiger partial charge on any atom is 0.341 e. The predicted molar refractivity (Wildman–Crippen MR) is 277 cm³/mol. The number of pyridine rings is 2. The van der Waals surface area contributed by atoms with E-state index >= 15 is 8.78 Å². The van der Waals surface area contributed by atoms with E-state index in [2.05, 4.69) is 70.5 Å². The van der Waals surface area contributed by atoms with E-state index in [-0.39, 0.29) is 46.4 Å². The Morgan fingerprint density at radius 3 is 1.21 bits per heavy atom. The third-order valence-corrected chi connectivity index (χ3v) is 14.4. The summed E-state index contributed by atoms with van der Waals surface area (Å²) in [5.41, 5.74) is 2.81. The van der Waals surface area contributed by atoms with Crippen LogP contribution in [-0.4, -0.2) is 93.4 Å². The Balaban J connectivity index is 0.000000162. The van der Waals surface area contributed by atoms with Gasteiger partial charge in [-0.1, -0.05) is 72.8 Å². The number of carbonyl (C=O) groups is 2. The Hall–Kier alpha value is -7.13. The molecule has 71 heavy (non-hydrogen) atoms. The van der Waals surface area contributed by atoms with Gasteiger partial charge in [0.05, 0.1) is 22.4 Å². The van der Waals surface area contributed by atoms with Gasteiger partial charge in [-0.25, -0.2) is 18.4 Å². The number of fused-ring (bicyclic) bond motifs is 4. The smallest absolute Gasteiger partial charge is 0.341 e. The van der Waals surface area contributed by atoms with Gasteiger partial charge in [0.15, 0.2) is 0 Å². The van der Waals surface area contributed by atoms with E-state index in [1.54, 1.807) is 12.1 Å². The molecule has 0 amide bonds. The molecule has 2 saturated carbocycles. The van der Waals surface area contributed by atoms with Gasteiger partial charge in [0.1, 0.15) is 22.8 Å². The Labute approximate surface area is 413 Å². The fourth-order valence-electron chi connectivity index (χ4n) is 10.3. The molecule has 4 heterocycles. The minimum absolute atomic E-state index is 0. The molecule has 2 aliphatic heterocycles. The van der Waals surface area contributed by atoms with Crippen molar-refractivity contribution in [1.29, 1.82) is 0 Å². The summed E-state index contributed by atoms with van der Waals surface area (Å²) in [6, 6.07) is 36.0. The van der Waals surface area contributed by atoms with Crippen molar-refractivity contribution in [3.63, 3.8) is 0 Å². The van der Waals surface area contributed by atoms with Gasteiger partial charge in [-0.15, -0.1) is 12.4 Å². The highest BCUT2D eigenvalue weighted by atomic mass is 35.5. The van der Waals surface area contributed by atoms with Gasteiger partial charge in [-0.3, -0.25) is 19.4 Å². The minimum atomic E-state index is -1.28. The molecular formula is C56H53ClF2N6O6. The number of carboxylic acids is 2. The summed E-state index contributed by atoms with van der Waals surface area (Å²) in [4.78, 5) is 57.4. The normalized spacial score (nSPS) is 16.5. The van der Waals surface area contributed by atoms with Gasteiger partial charge in [0.2, 0.25) is 10.9 Å². The van der Waals surface area contributed by atoms with Crippen LogP contribution in [0.1, 0.15) is 69.6 Å². The van der Waals surface area contributed by atoms with Crippen LogP contribution in [0.15, 0.2) is 131 Å². The molecule has 8 aromatic rings. The lowest BCUT2D eigenvalue weighted by molar-refractivity contribution is 0.0684. The zero-order chi connectivity index (χ0) is 48.2. The molecule has 4 aliphatic rings. The molecule has 6 aromatic carbocycles. The van der Waals surface area contributed by atoms with Gasteiger partial charge >= 0.3 is 11.9 Å². The molecule has 0 unspecified atom stereocenters. The number of carboxylic acid groups (broad SMARTS) is 2. The monoisotopic (exact) mass is 978 g/mol. The maximum atomic E-state index is 15.2. The number of aromatic nitrogens is 2. The zero-order valence-corrected chi connectivity index (χ0v) is 39.8. The average Bonchev–Trinajstić information content (AvgIpc) is 4.31. The first kappa shape index (κ1) is 47.5. The van der Waals surface area contributed by atoms with Crippen LogP contribution in [0, 0.1) is 11.6 Å². The molecule has 2 aromatic heterocycles. The lowest BCUT2D eigenvalue weighted by Gasteiger charge is -2.36. The van der Waals surface area contributed by atoms with Gasteiger partial charge in [0, 0.05) is 101 Å². The summed E-state index contributed by atoms with van der Waals surface area (Å²) < 4.78 is 34.1. The van der Waals surface area contributed by atoms with Crippen molar-refractivity contribution in [3.05, 3.63) is 176 Å². The molecule has 0 atom stereocenters. The van der Waals surface area contributed by atoms with Crippen LogP contribution in [0.25, 0.3) is 43.4 Å². The minimum Gasteiger partial charge on any atom is -0.477 e. The van der Waals surface area contributed by atoms with Crippen LogP contribution < -0.4 is 20.7 Å². The molecule has 2 N–H and O–H groups in total. The largest absolute Gasteiger partial charge is 0.477 e. The van der Waals surface area contributed by atoms with E-state index in [4.69, 9.17) is 0 Å². The van der Waals surface area contributed by atoms with Crippen LogP contribution in [0.5, 0.6) is 0 Å². The molecule has 0 spiro atoms. The molecule has 2 aliphatic carbocycles. The topological polar surface area (TPSA) is 132 Å². The summed E-state index contributed by atoms with van der Waals surface area (Å²) in [6.45, 7) is 7.61. The van der Waals surface area contributed by atoms with Crippen LogP contribution >= 0.6 is 12.4 Å². The summed E-state index contributed by atoms with van der Waals surface area (Å²) in [7, 11) is 0. The Morgan fingerprint density at radius 1 is 0.493 bits per heavy atom. The number of nitrogens with zero attached hydrogens (tertiary/aromatic N) is 6. The van der Waals surface area contributed by atoms with Gasteiger partial charge in [-0.05, 0) is 94.8 Å². The number of hydrogen-bond donors (Lipinski definition) is 2. The molecule has 12 rings (SSSR count). The Kier molecular flexibility index (Phi) is 13.1. The highest BCUT2D eigenvalue weighted by Crippen LogP contribution is 2.40. The maximum absolute atomic E-state index is 15.2. The highest BCUT2D eigenvalue weighted by molar-refractivity contribution is 5.95. The molecule has 2 saturated heterocycles. The van der Waals surface area contributed by atoms with E-state index < -0.39 is 34.4 Å². The summed E-state index contributed by atoms with van der Waals surface area (Å²) >= 11 is 0. The first-order chi connectivity index (χ1) is 33.9. The zero-order valence-electron chi connectivity index (χ0n) is 39.0. The van der Waals surface area contributed by atoms with Crippen molar-refractivity contribution >= 4 is 79.1 Å². The standard InChI is InChI=1S/2C28H26FN3O3.ClH/c2*29-24-14-22-25(32(21-7-8-21)17-23(27(22)33)28(34)35)15-26(24)31-11-9-30(10-12-31)16-18-5-6-19-3-1-2-4-20(19)13-18;/h2*1-6,13-15,17,21H,7-12,16H2,(H,34,35);1H. The van der Waals surface area contributed by atoms with Crippen LogP contribution in [0.2, 0.25) is 0 Å². The highest BCUT2D eigenvalue weighted by Gasteiger charge is 2.30. The number of anilines is 2. The van der Waals surface area contributed by atoms with Crippen LogP contribution in [0.4, 0.5) is 20.2 Å². The van der Waals surface area contributed by atoms with Crippen molar-refractivity contribution in [2.45, 2.75) is 50.9 Å². The summed E-state index contributed by atoms with van der Waals surface area (Å²) in [5, 5.41) is 24.1. The van der Waals surface area contributed by atoms with E-state index in [0.29, 0.717) is 48.6 Å². The average molecular weight is 980 g/mol. The van der Waals surface area contributed by atoms with Crippen molar-refractivity contribution in [2.75, 3.05) is 62.2 Å². The van der Waals surface area contributed by atoms with Crippen molar-refractivity contribution in [2.24, 2.45) is 0 Å². The molecule has 0 bridgehead atoms. The van der Waals surface area contributed by atoms with Crippen molar-refractivity contribution < 1.29 is 28.6 Å². The molecule has 12 nitrogen and oxygen atoms in total. The fourth-order valence-corrected chi connectivity index (χ4v) is 10.3. The second kappa shape index (κ2) is 19.6. The number of halogens is 3. The first-order valence-electron chi connectivity index (χ1n) is 24.1. The molecule has 15 heteroatoms. The van der Waals surface area contributed by atoms with Gasteiger partial charge < -0.3 is 29.1 Å². The molecular weight excluding hydrogens is 926 g/mol. The number of piperazine rings is 2. The van der Waals surface area contributed by atoms with E-state index in [0.717, 1.165) is 65.0 Å². The van der Waals surface area contributed by atoms with Crippen LogP contribution in [0.3, 0.4) is 0 Å². The van der Waals surface area contributed by atoms with E-state index in [9.17, 15) is 29.4 Å². The third kappa shape index (κ3) is 9.71. The molecule has 364 valence electrons. The second-order valence-corrected chi connectivity index (χ2v) is 19.2. The van der Waals surface area contributed by atoms with Gasteiger partial charge in [-0.2, -0.15) is 0 Å². The lowest BCUT2D eigenvalue weighted by atomic mass is 10.1. The van der Waals surface area contributed by atoms with Gasteiger partial charge in [0.25, 0.3) is 0 Å². The first-order valence-corrected chi connectivity index (χ1v) is 24.1. The van der Waals surface area contributed by atoms with E-state index in [1.807, 2.05) is 43.2 Å². The number of hydrogen-bond acceptors (Lipinski definition) is 8. The third-order valence-electron chi connectivity index (χ3n) is 14.4. The molecule has 0 radical (unpaired) electrons. The van der Waals surface area contributed by atoms with E-state index in [1.165, 1.54) is 57.2 Å². The second-order valence-electron chi connectivity index (χ2n) is 19.2.